The van der Waals surface area contributed by atoms with Crippen LogP contribution in [0.3, 0.4) is 0 Å². The van der Waals surface area contributed by atoms with E-state index in [0.29, 0.717) is 5.69 Å². The van der Waals surface area contributed by atoms with E-state index in [0.717, 1.165) is 32.8 Å². The van der Waals surface area contributed by atoms with E-state index in [1.165, 1.54) is 17.7 Å². The number of nitrogens with one attached hydrogen (secondary N) is 2. The lowest BCUT2D eigenvalue weighted by Crippen LogP contribution is -2.35. The van der Waals surface area contributed by atoms with Crippen LogP contribution in [-0.4, -0.2) is 37.2 Å². The maximum atomic E-state index is 13.5. The molecule has 0 saturated carbocycles. The molecule has 1 aliphatic rings. The topological polar surface area (TPSA) is 53.6 Å². The van der Waals surface area contributed by atoms with E-state index in [1.807, 2.05) is 24.3 Å². The van der Waals surface area contributed by atoms with E-state index >= 15 is 0 Å². The molecule has 1 saturated heterocycles. The number of anilines is 2. The molecule has 2 amide bonds. The molecule has 1 fully saturated rings. The molecule has 0 bridgehead atoms. The summed E-state index contributed by atoms with van der Waals surface area (Å²) in [4.78, 5) is 14.3. The lowest BCUT2D eigenvalue weighted by molar-refractivity contribution is 0.0342. The van der Waals surface area contributed by atoms with Gasteiger partial charge in [0, 0.05) is 25.3 Å². The fourth-order valence-corrected chi connectivity index (χ4v) is 2.56. The van der Waals surface area contributed by atoms with Gasteiger partial charge in [0.1, 0.15) is 5.82 Å². The molecule has 0 aliphatic carbocycles. The van der Waals surface area contributed by atoms with Crippen LogP contribution < -0.4 is 10.6 Å². The number of benzene rings is 2. The lowest BCUT2D eigenvalue weighted by Gasteiger charge is -2.26. The number of rotatable bonds is 4. The zero-order chi connectivity index (χ0) is 16.8. The number of ether oxygens (including phenoxy) is 1. The minimum atomic E-state index is -0.471. The van der Waals surface area contributed by atoms with E-state index in [2.05, 4.69) is 15.5 Å². The predicted octanol–water partition coefficient (Wildman–Crippen LogP) is 3.30. The van der Waals surface area contributed by atoms with E-state index in [-0.39, 0.29) is 5.69 Å². The van der Waals surface area contributed by atoms with Gasteiger partial charge in [-0.2, -0.15) is 0 Å². The Hall–Kier alpha value is -2.44. The number of carbonyl (C=O) groups excluding carboxylic acids is 1. The molecule has 2 aromatic rings. The quantitative estimate of drug-likeness (QED) is 0.905. The molecule has 6 heteroatoms. The summed E-state index contributed by atoms with van der Waals surface area (Å²) in [5.41, 5.74) is 1.99. The second-order valence-electron chi connectivity index (χ2n) is 5.64. The van der Waals surface area contributed by atoms with Gasteiger partial charge in [-0.3, -0.25) is 4.90 Å². The molecule has 0 unspecified atom stereocenters. The van der Waals surface area contributed by atoms with Gasteiger partial charge >= 0.3 is 6.03 Å². The maximum absolute atomic E-state index is 13.5. The van der Waals surface area contributed by atoms with Crippen molar-refractivity contribution in [2.24, 2.45) is 0 Å². The zero-order valence-electron chi connectivity index (χ0n) is 13.3. The van der Waals surface area contributed by atoms with Crippen molar-refractivity contribution in [2.45, 2.75) is 6.54 Å². The monoisotopic (exact) mass is 329 g/mol. The van der Waals surface area contributed by atoms with E-state index in [9.17, 15) is 9.18 Å². The first kappa shape index (κ1) is 16.4. The van der Waals surface area contributed by atoms with Crippen LogP contribution in [-0.2, 0) is 11.3 Å². The van der Waals surface area contributed by atoms with E-state index in [4.69, 9.17) is 4.74 Å². The van der Waals surface area contributed by atoms with Gasteiger partial charge in [-0.25, -0.2) is 9.18 Å². The van der Waals surface area contributed by atoms with Crippen LogP contribution in [0, 0.1) is 5.82 Å². The minimum absolute atomic E-state index is 0.152. The third-order valence-corrected chi connectivity index (χ3v) is 3.84. The highest BCUT2D eigenvalue weighted by atomic mass is 19.1. The zero-order valence-corrected chi connectivity index (χ0v) is 13.3. The first-order valence-corrected chi connectivity index (χ1v) is 7.92. The Balaban J connectivity index is 1.53. The molecule has 0 spiro atoms. The lowest BCUT2D eigenvalue weighted by atomic mass is 10.2. The Morgan fingerprint density at radius 3 is 2.46 bits per heavy atom. The van der Waals surface area contributed by atoms with Gasteiger partial charge in [-0.1, -0.05) is 24.3 Å². The number of para-hydroxylation sites is 1. The highest BCUT2D eigenvalue weighted by Crippen LogP contribution is 2.15. The minimum Gasteiger partial charge on any atom is -0.379 e. The van der Waals surface area contributed by atoms with Crippen molar-refractivity contribution in [3.63, 3.8) is 0 Å². The Morgan fingerprint density at radius 2 is 1.75 bits per heavy atom. The number of urea groups is 1. The SMILES string of the molecule is O=C(Nc1ccc(CN2CCOCC2)cc1)Nc1ccccc1F. The van der Waals surface area contributed by atoms with Gasteiger partial charge in [0.25, 0.3) is 0 Å². The van der Waals surface area contributed by atoms with E-state index in [1.54, 1.807) is 12.1 Å². The van der Waals surface area contributed by atoms with Gasteiger partial charge in [0.2, 0.25) is 0 Å². The van der Waals surface area contributed by atoms with Crippen LogP contribution >= 0.6 is 0 Å². The summed E-state index contributed by atoms with van der Waals surface area (Å²) in [5, 5.41) is 5.19. The normalized spacial score (nSPS) is 15.0. The summed E-state index contributed by atoms with van der Waals surface area (Å²) in [5.74, 6) is -0.464. The summed E-state index contributed by atoms with van der Waals surface area (Å²) in [6, 6.07) is 13.2. The molecule has 3 rings (SSSR count). The molecule has 1 heterocycles. The van der Waals surface area contributed by atoms with Gasteiger partial charge < -0.3 is 15.4 Å². The Kier molecular flexibility index (Phi) is 5.40. The van der Waals surface area contributed by atoms with Crippen LogP contribution in [0.15, 0.2) is 48.5 Å². The fourth-order valence-electron chi connectivity index (χ4n) is 2.56. The van der Waals surface area contributed by atoms with Gasteiger partial charge in [-0.15, -0.1) is 0 Å². The first-order valence-electron chi connectivity index (χ1n) is 7.92. The molecule has 2 N–H and O–H groups in total. The highest BCUT2D eigenvalue weighted by Gasteiger charge is 2.11. The van der Waals surface area contributed by atoms with Crippen LogP contribution in [0.1, 0.15) is 5.56 Å². The van der Waals surface area contributed by atoms with Crippen molar-refractivity contribution in [1.82, 2.24) is 4.90 Å². The van der Waals surface area contributed by atoms with Crippen LogP contribution in [0.2, 0.25) is 0 Å². The van der Waals surface area contributed by atoms with Crippen molar-refractivity contribution >= 4 is 17.4 Å². The van der Waals surface area contributed by atoms with E-state index < -0.39 is 11.8 Å². The van der Waals surface area contributed by atoms with Crippen molar-refractivity contribution in [3.05, 3.63) is 59.9 Å². The molecule has 24 heavy (non-hydrogen) atoms. The second-order valence-corrected chi connectivity index (χ2v) is 5.64. The third-order valence-electron chi connectivity index (χ3n) is 3.84. The largest absolute Gasteiger partial charge is 0.379 e. The fraction of sp³-hybridized carbons (Fsp3) is 0.278. The number of carbonyl (C=O) groups is 1. The number of nitrogens with zero attached hydrogens (tertiary/aromatic N) is 1. The number of halogens is 1. The molecule has 0 aromatic heterocycles. The van der Waals surface area contributed by atoms with Crippen molar-refractivity contribution in [3.8, 4) is 0 Å². The van der Waals surface area contributed by atoms with Crippen LogP contribution in [0.25, 0.3) is 0 Å². The third kappa shape index (κ3) is 4.53. The summed E-state index contributed by atoms with van der Waals surface area (Å²) < 4.78 is 18.8. The van der Waals surface area contributed by atoms with Gasteiger partial charge in [0.15, 0.2) is 0 Å². The maximum Gasteiger partial charge on any atom is 0.323 e. The first-order chi connectivity index (χ1) is 11.7. The number of hydrogen-bond donors (Lipinski definition) is 2. The summed E-state index contributed by atoms with van der Waals surface area (Å²) in [6.45, 7) is 4.28. The smallest absolute Gasteiger partial charge is 0.323 e. The molecule has 126 valence electrons. The molecule has 0 atom stereocenters. The molecular weight excluding hydrogens is 309 g/mol. The Morgan fingerprint density at radius 1 is 1.04 bits per heavy atom. The van der Waals surface area contributed by atoms with Gasteiger partial charge in [0.05, 0.1) is 18.9 Å². The van der Waals surface area contributed by atoms with Crippen molar-refractivity contribution in [2.75, 3.05) is 36.9 Å². The second kappa shape index (κ2) is 7.90. The average molecular weight is 329 g/mol. The molecule has 0 radical (unpaired) electrons. The Labute approximate surface area is 140 Å². The van der Waals surface area contributed by atoms with Crippen LogP contribution in [0.5, 0.6) is 0 Å². The molecule has 1 aliphatic heterocycles. The highest BCUT2D eigenvalue weighted by molar-refractivity contribution is 5.99. The van der Waals surface area contributed by atoms with Crippen molar-refractivity contribution < 1.29 is 13.9 Å². The number of hydrogen-bond acceptors (Lipinski definition) is 3. The molecular formula is C18H20FN3O2. The number of amides is 2. The summed E-state index contributed by atoms with van der Waals surface area (Å²) >= 11 is 0. The van der Waals surface area contributed by atoms with Gasteiger partial charge in [-0.05, 0) is 29.8 Å². The molecule has 5 nitrogen and oxygen atoms in total. The Bertz CT molecular complexity index is 685. The molecule has 2 aromatic carbocycles. The van der Waals surface area contributed by atoms with Crippen molar-refractivity contribution in [1.29, 1.82) is 0 Å². The summed E-state index contributed by atoms with van der Waals surface area (Å²) in [7, 11) is 0. The number of morpholine rings is 1. The van der Waals surface area contributed by atoms with Crippen LogP contribution in [0.4, 0.5) is 20.6 Å². The summed E-state index contributed by atoms with van der Waals surface area (Å²) in [6.07, 6.45) is 0. The standard InChI is InChI=1S/C18H20FN3O2/c19-16-3-1-2-4-17(16)21-18(23)20-15-7-5-14(6-8-15)13-22-9-11-24-12-10-22/h1-8H,9-13H2,(H2,20,21,23). The predicted molar refractivity (Wildman–Crippen MR) is 91.6 cm³/mol. The average Bonchev–Trinajstić information content (AvgIpc) is 2.60.